The largest absolute Gasteiger partial charge is 0.369 e. The molecule has 29 heavy (non-hydrogen) atoms. The standard InChI is InChI=1S/C23H29N3O3/c24-19(27)23(7-8-23)21(29)25-11-9-22(10-12-25)13-17-3-1-2-4-18(17)15-26(20(22)28)14-16-5-6-16/h1-4,16H,5-15H2,(H2,24,27). The molecule has 0 aromatic heterocycles. The van der Waals surface area contributed by atoms with E-state index in [1.165, 1.54) is 24.0 Å². The van der Waals surface area contributed by atoms with E-state index in [0.29, 0.717) is 51.2 Å². The van der Waals surface area contributed by atoms with Crippen LogP contribution >= 0.6 is 0 Å². The number of rotatable bonds is 4. The van der Waals surface area contributed by atoms with Gasteiger partial charge < -0.3 is 15.5 Å². The summed E-state index contributed by atoms with van der Waals surface area (Å²) < 4.78 is 0. The molecule has 2 aliphatic carbocycles. The summed E-state index contributed by atoms with van der Waals surface area (Å²) >= 11 is 0. The fraction of sp³-hybridized carbons (Fsp3) is 0.609. The minimum atomic E-state index is -0.970. The smallest absolute Gasteiger partial charge is 0.238 e. The molecule has 3 amide bonds. The number of likely N-dealkylation sites (tertiary alicyclic amines) is 1. The lowest BCUT2D eigenvalue weighted by atomic mass is 9.72. The SMILES string of the molecule is NC(=O)C1(C(=O)N2CCC3(CC2)Cc2ccccc2CN(CC2CC2)C3=O)CC1. The summed E-state index contributed by atoms with van der Waals surface area (Å²) in [5.41, 5.74) is 6.59. The molecule has 2 N–H and O–H groups in total. The lowest BCUT2D eigenvalue weighted by Crippen LogP contribution is -2.53. The monoisotopic (exact) mass is 395 g/mol. The van der Waals surface area contributed by atoms with Crippen molar-refractivity contribution < 1.29 is 14.4 Å². The molecule has 1 saturated heterocycles. The number of benzene rings is 1. The van der Waals surface area contributed by atoms with Gasteiger partial charge in [0.15, 0.2) is 0 Å². The highest BCUT2D eigenvalue weighted by atomic mass is 16.2. The Morgan fingerprint density at radius 2 is 1.69 bits per heavy atom. The highest BCUT2D eigenvalue weighted by Gasteiger charge is 2.58. The molecular weight excluding hydrogens is 366 g/mol. The quantitative estimate of drug-likeness (QED) is 0.790. The molecule has 0 atom stereocenters. The minimum absolute atomic E-state index is 0.129. The Hall–Kier alpha value is -2.37. The Morgan fingerprint density at radius 3 is 2.28 bits per heavy atom. The molecular formula is C23H29N3O3. The molecule has 1 aromatic rings. The third-order valence-electron chi connectivity index (χ3n) is 7.56. The number of carbonyl (C=O) groups is 3. The van der Waals surface area contributed by atoms with Gasteiger partial charge in [-0.15, -0.1) is 0 Å². The maximum absolute atomic E-state index is 13.7. The van der Waals surface area contributed by atoms with Crippen LogP contribution in [0.5, 0.6) is 0 Å². The summed E-state index contributed by atoms with van der Waals surface area (Å²) in [7, 11) is 0. The lowest BCUT2D eigenvalue weighted by molar-refractivity contribution is -0.152. The highest BCUT2D eigenvalue weighted by molar-refractivity contribution is 6.07. The maximum atomic E-state index is 13.7. The Morgan fingerprint density at radius 1 is 1.03 bits per heavy atom. The van der Waals surface area contributed by atoms with Gasteiger partial charge in [-0.05, 0) is 62.0 Å². The van der Waals surface area contributed by atoms with Gasteiger partial charge >= 0.3 is 0 Å². The molecule has 0 bridgehead atoms. The second kappa shape index (κ2) is 6.57. The molecule has 0 radical (unpaired) electrons. The number of amides is 3. The van der Waals surface area contributed by atoms with Crippen molar-refractivity contribution in [2.75, 3.05) is 19.6 Å². The van der Waals surface area contributed by atoms with Gasteiger partial charge in [0.2, 0.25) is 17.7 Å². The molecule has 1 spiro atoms. The zero-order valence-corrected chi connectivity index (χ0v) is 16.9. The number of primary amides is 1. The minimum Gasteiger partial charge on any atom is -0.369 e. The summed E-state index contributed by atoms with van der Waals surface area (Å²) in [5, 5.41) is 0. The van der Waals surface area contributed by atoms with E-state index in [4.69, 9.17) is 5.73 Å². The van der Waals surface area contributed by atoms with Crippen molar-refractivity contribution in [1.82, 2.24) is 9.80 Å². The fourth-order valence-corrected chi connectivity index (χ4v) is 5.22. The van der Waals surface area contributed by atoms with Crippen LogP contribution in [-0.2, 0) is 27.3 Å². The Bertz CT molecular complexity index is 864. The Labute approximate surface area is 171 Å². The summed E-state index contributed by atoms with van der Waals surface area (Å²) in [5.74, 6) is 0.269. The van der Waals surface area contributed by atoms with Crippen LogP contribution in [0.3, 0.4) is 0 Å². The zero-order chi connectivity index (χ0) is 20.2. The Kier molecular flexibility index (Phi) is 4.23. The van der Waals surface area contributed by atoms with Crippen molar-refractivity contribution in [3.05, 3.63) is 35.4 Å². The molecule has 2 heterocycles. The van der Waals surface area contributed by atoms with Crippen molar-refractivity contribution in [2.45, 2.75) is 51.5 Å². The average molecular weight is 396 g/mol. The van der Waals surface area contributed by atoms with Crippen molar-refractivity contribution in [1.29, 1.82) is 0 Å². The first-order valence-electron chi connectivity index (χ1n) is 10.9. The second-order valence-electron chi connectivity index (χ2n) is 9.59. The molecule has 2 aliphatic heterocycles. The lowest BCUT2D eigenvalue weighted by Gasteiger charge is -2.42. The molecule has 1 aromatic carbocycles. The van der Waals surface area contributed by atoms with E-state index in [9.17, 15) is 14.4 Å². The van der Waals surface area contributed by atoms with Crippen LogP contribution in [-0.4, -0.2) is 47.2 Å². The van der Waals surface area contributed by atoms with E-state index >= 15 is 0 Å². The van der Waals surface area contributed by atoms with Crippen LogP contribution in [0.25, 0.3) is 0 Å². The van der Waals surface area contributed by atoms with Gasteiger partial charge in [-0.2, -0.15) is 0 Å². The second-order valence-corrected chi connectivity index (χ2v) is 9.59. The molecule has 6 nitrogen and oxygen atoms in total. The highest BCUT2D eigenvalue weighted by Crippen LogP contribution is 2.49. The van der Waals surface area contributed by atoms with Crippen LogP contribution in [0.2, 0.25) is 0 Å². The summed E-state index contributed by atoms with van der Waals surface area (Å²) in [6.45, 7) is 2.60. The number of nitrogens with zero attached hydrogens (tertiary/aromatic N) is 2. The van der Waals surface area contributed by atoms with E-state index in [2.05, 4.69) is 29.2 Å². The van der Waals surface area contributed by atoms with Crippen LogP contribution in [0.4, 0.5) is 0 Å². The van der Waals surface area contributed by atoms with Gasteiger partial charge in [0, 0.05) is 26.2 Å². The third-order valence-corrected chi connectivity index (χ3v) is 7.56. The van der Waals surface area contributed by atoms with Crippen molar-refractivity contribution in [3.63, 3.8) is 0 Å². The molecule has 0 unspecified atom stereocenters. The van der Waals surface area contributed by atoms with E-state index in [1.807, 2.05) is 0 Å². The summed E-state index contributed by atoms with van der Waals surface area (Å²) in [6, 6.07) is 8.39. The van der Waals surface area contributed by atoms with Crippen LogP contribution in [0.1, 0.15) is 49.7 Å². The topological polar surface area (TPSA) is 83.7 Å². The molecule has 6 heteroatoms. The van der Waals surface area contributed by atoms with Crippen molar-refractivity contribution in [2.24, 2.45) is 22.5 Å². The van der Waals surface area contributed by atoms with E-state index < -0.39 is 16.7 Å². The van der Waals surface area contributed by atoms with Crippen LogP contribution in [0, 0.1) is 16.7 Å². The number of fused-ring (bicyclic) bond motifs is 1. The molecule has 3 fully saturated rings. The molecule has 4 aliphatic rings. The van der Waals surface area contributed by atoms with Crippen molar-refractivity contribution >= 4 is 17.7 Å². The van der Waals surface area contributed by atoms with Crippen LogP contribution in [0.15, 0.2) is 24.3 Å². The van der Waals surface area contributed by atoms with Gasteiger partial charge in [-0.25, -0.2) is 0 Å². The third kappa shape index (κ3) is 3.13. The number of carbonyl (C=O) groups excluding carboxylic acids is 3. The number of nitrogens with two attached hydrogens (primary N) is 1. The Balaban J connectivity index is 1.38. The first-order valence-corrected chi connectivity index (χ1v) is 10.9. The molecule has 2 saturated carbocycles. The van der Waals surface area contributed by atoms with Gasteiger partial charge in [0.1, 0.15) is 5.41 Å². The first-order chi connectivity index (χ1) is 13.9. The predicted octanol–water partition coefficient (Wildman–Crippen LogP) is 1.86. The number of hydrogen-bond acceptors (Lipinski definition) is 3. The molecule has 154 valence electrons. The predicted molar refractivity (Wildman–Crippen MR) is 107 cm³/mol. The van der Waals surface area contributed by atoms with E-state index in [0.717, 1.165) is 13.0 Å². The van der Waals surface area contributed by atoms with Gasteiger partial charge in [0.25, 0.3) is 0 Å². The maximum Gasteiger partial charge on any atom is 0.238 e. The van der Waals surface area contributed by atoms with Gasteiger partial charge in [-0.3, -0.25) is 14.4 Å². The average Bonchev–Trinajstić information content (AvgIpc) is 3.62. The van der Waals surface area contributed by atoms with E-state index in [1.54, 1.807) is 4.90 Å². The fourth-order valence-electron chi connectivity index (χ4n) is 5.22. The first kappa shape index (κ1) is 18.6. The van der Waals surface area contributed by atoms with Gasteiger partial charge in [0.05, 0.1) is 5.41 Å². The normalized spacial score (nSPS) is 24.8. The van der Waals surface area contributed by atoms with E-state index in [-0.39, 0.29) is 11.8 Å². The molecule has 5 rings (SSSR count). The number of hydrogen-bond donors (Lipinski definition) is 1. The zero-order valence-electron chi connectivity index (χ0n) is 16.9. The van der Waals surface area contributed by atoms with Gasteiger partial charge in [-0.1, -0.05) is 24.3 Å². The number of piperidine rings is 1. The van der Waals surface area contributed by atoms with Crippen molar-refractivity contribution in [3.8, 4) is 0 Å². The summed E-state index contributed by atoms with van der Waals surface area (Å²) in [4.78, 5) is 42.2. The van der Waals surface area contributed by atoms with Crippen LogP contribution < -0.4 is 5.73 Å². The summed E-state index contributed by atoms with van der Waals surface area (Å²) in [6.07, 6.45) is 5.61.